The van der Waals surface area contributed by atoms with Gasteiger partial charge in [-0.2, -0.15) is 5.10 Å². The highest BCUT2D eigenvalue weighted by molar-refractivity contribution is 7.12. The Bertz CT molecular complexity index is 1110. The largest absolute Gasteiger partial charge is 0.452 e. The molecule has 3 rings (SSSR count). The van der Waals surface area contributed by atoms with Crippen LogP contribution in [-0.4, -0.2) is 28.1 Å². The molecule has 6 nitrogen and oxygen atoms in total. The minimum absolute atomic E-state index is 0.0434. The summed E-state index contributed by atoms with van der Waals surface area (Å²) in [5, 5.41) is 5.06. The summed E-state index contributed by atoms with van der Waals surface area (Å²) in [7, 11) is 0. The fourth-order valence-electron chi connectivity index (χ4n) is 3.04. The number of carbonyl (C=O) groups excluding carboxylic acids is 2. The van der Waals surface area contributed by atoms with Gasteiger partial charge in [0.25, 0.3) is 5.56 Å². The summed E-state index contributed by atoms with van der Waals surface area (Å²) < 4.78 is 6.54. The van der Waals surface area contributed by atoms with Gasteiger partial charge in [0, 0.05) is 27.2 Å². The summed E-state index contributed by atoms with van der Waals surface area (Å²) in [6.45, 7) is 7.74. The van der Waals surface area contributed by atoms with Crippen LogP contribution in [0.15, 0.2) is 35.1 Å². The van der Waals surface area contributed by atoms with Gasteiger partial charge in [0.15, 0.2) is 12.3 Å². The second-order valence-corrected chi connectivity index (χ2v) is 8.56. The fourth-order valence-corrected chi connectivity index (χ4v) is 3.98. The van der Waals surface area contributed by atoms with E-state index >= 15 is 0 Å². The van der Waals surface area contributed by atoms with Gasteiger partial charge in [-0.3, -0.25) is 9.59 Å². The van der Waals surface area contributed by atoms with Crippen molar-refractivity contribution < 1.29 is 14.3 Å². The topological polar surface area (TPSA) is 78.3 Å². The van der Waals surface area contributed by atoms with E-state index in [0.717, 1.165) is 9.75 Å². The molecule has 0 amide bonds. The number of aryl methyl sites for hydroxylation is 2. The van der Waals surface area contributed by atoms with Crippen molar-refractivity contribution in [1.82, 2.24) is 9.78 Å². The lowest BCUT2D eigenvalue weighted by Crippen LogP contribution is -2.28. The molecule has 0 radical (unpaired) electrons. The van der Waals surface area contributed by atoms with Crippen LogP contribution >= 0.6 is 11.3 Å². The number of hydrogen-bond acceptors (Lipinski definition) is 6. The van der Waals surface area contributed by atoms with Gasteiger partial charge >= 0.3 is 5.97 Å². The van der Waals surface area contributed by atoms with E-state index in [1.807, 2.05) is 27.7 Å². The Labute approximate surface area is 166 Å². The molecule has 0 aliphatic rings. The summed E-state index contributed by atoms with van der Waals surface area (Å²) in [5.41, 5.74) is 0.362. The minimum atomic E-state index is -0.716. The Morgan fingerprint density at radius 2 is 1.86 bits per heavy atom. The molecule has 0 aliphatic carbocycles. The van der Waals surface area contributed by atoms with E-state index in [1.54, 1.807) is 30.3 Å². The van der Waals surface area contributed by atoms with Gasteiger partial charge in [0.05, 0.1) is 5.39 Å². The molecule has 1 aromatic carbocycles. The summed E-state index contributed by atoms with van der Waals surface area (Å²) in [6, 6.07) is 8.59. The molecular weight excluding hydrogens is 376 g/mol. The maximum Gasteiger partial charge on any atom is 0.359 e. The van der Waals surface area contributed by atoms with Crippen molar-refractivity contribution in [3.05, 3.63) is 61.7 Å². The van der Waals surface area contributed by atoms with Gasteiger partial charge in [-0.05, 0) is 31.9 Å². The number of Topliss-reactive ketones (excluding diaryl/α,β-unsaturated/α-hetero) is 1. The van der Waals surface area contributed by atoms with Crippen LogP contribution < -0.4 is 5.56 Å². The maximum atomic E-state index is 12.7. The molecular formula is C21H22N2O4S. The standard InChI is InChI=1S/C21H22N2O4S/c1-12(2)10-23-20(25)16-8-6-5-7-15(16)19(22-23)21(26)27-11-18(24)17-9-13(3)28-14(17)4/h5-9,12H,10-11H2,1-4H3. The van der Waals surface area contributed by atoms with Crippen LogP contribution in [0.2, 0.25) is 0 Å². The third-order valence-electron chi connectivity index (χ3n) is 4.27. The highest BCUT2D eigenvalue weighted by Gasteiger charge is 2.20. The molecule has 0 atom stereocenters. The molecule has 0 saturated carbocycles. The van der Waals surface area contributed by atoms with E-state index in [2.05, 4.69) is 5.10 Å². The predicted octanol–water partition coefficient (Wildman–Crippen LogP) is 3.77. The van der Waals surface area contributed by atoms with E-state index in [-0.39, 0.29) is 29.6 Å². The van der Waals surface area contributed by atoms with Gasteiger partial charge in [-0.15, -0.1) is 11.3 Å². The molecule has 0 N–H and O–H groups in total. The summed E-state index contributed by atoms with van der Waals surface area (Å²) in [6.07, 6.45) is 0. The molecule has 3 aromatic rings. The predicted molar refractivity (Wildman–Crippen MR) is 109 cm³/mol. The van der Waals surface area contributed by atoms with Crippen molar-refractivity contribution in [2.75, 3.05) is 6.61 Å². The second-order valence-electron chi connectivity index (χ2n) is 7.10. The third kappa shape index (κ3) is 4.04. The molecule has 0 aliphatic heterocycles. The average Bonchev–Trinajstić information content (AvgIpc) is 2.99. The van der Waals surface area contributed by atoms with Crippen LogP contribution in [0, 0.1) is 19.8 Å². The number of ketones is 1. The molecule has 7 heteroatoms. The first-order chi connectivity index (χ1) is 13.3. The zero-order valence-corrected chi connectivity index (χ0v) is 17.1. The van der Waals surface area contributed by atoms with Crippen LogP contribution in [0.25, 0.3) is 10.8 Å². The quantitative estimate of drug-likeness (QED) is 0.466. The zero-order chi connectivity index (χ0) is 20.4. The monoisotopic (exact) mass is 398 g/mol. The summed E-state index contributed by atoms with van der Waals surface area (Å²) >= 11 is 1.53. The lowest BCUT2D eigenvalue weighted by molar-refractivity contribution is 0.0468. The van der Waals surface area contributed by atoms with Crippen molar-refractivity contribution in [3.8, 4) is 0 Å². The third-order valence-corrected chi connectivity index (χ3v) is 5.24. The smallest absolute Gasteiger partial charge is 0.359 e. The molecule has 0 bridgehead atoms. The van der Waals surface area contributed by atoms with Gasteiger partial charge in [-0.25, -0.2) is 9.48 Å². The maximum absolute atomic E-state index is 12.7. The van der Waals surface area contributed by atoms with Gasteiger partial charge < -0.3 is 4.74 Å². The van der Waals surface area contributed by atoms with Crippen molar-refractivity contribution in [3.63, 3.8) is 0 Å². The van der Waals surface area contributed by atoms with Crippen molar-refractivity contribution in [1.29, 1.82) is 0 Å². The number of thiophene rings is 1. The molecule has 0 saturated heterocycles. The normalized spacial score (nSPS) is 11.2. The molecule has 28 heavy (non-hydrogen) atoms. The number of rotatable bonds is 6. The van der Waals surface area contributed by atoms with Crippen molar-refractivity contribution >= 4 is 33.9 Å². The zero-order valence-electron chi connectivity index (χ0n) is 16.3. The molecule has 0 fully saturated rings. The molecule has 0 spiro atoms. The first kappa shape index (κ1) is 19.9. The van der Waals surface area contributed by atoms with Gasteiger partial charge in [-0.1, -0.05) is 32.0 Å². The van der Waals surface area contributed by atoms with Crippen LogP contribution in [0.4, 0.5) is 0 Å². The average molecular weight is 398 g/mol. The van der Waals surface area contributed by atoms with E-state index in [9.17, 15) is 14.4 Å². The summed E-state index contributed by atoms with van der Waals surface area (Å²) in [4.78, 5) is 39.6. The Kier molecular flexibility index (Phi) is 5.74. The number of esters is 1. The van der Waals surface area contributed by atoms with Crippen LogP contribution in [0.1, 0.15) is 44.4 Å². The fraction of sp³-hybridized carbons (Fsp3) is 0.333. The number of carbonyl (C=O) groups is 2. The van der Waals surface area contributed by atoms with E-state index in [1.165, 1.54) is 16.0 Å². The Balaban J connectivity index is 1.90. The second kappa shape index (κ2) is 8.06. The van der Waals surface area contributed by atoms with Crippen molar-refractivity contribution in [2.24, 2.45) is 5.92 Å². The van der Waals surface area contributed by atoms with Crippen LogP contribution in [0.3, 0.4) is 0 Å². The first-order valence-electron chi connectivity index (χ1n) is 9.05. The van der Waals surface area contributed by atoms with E-state index in [4.69, 9.17) is 4.74 Å². The van der Waals surface area contributed by atoms with Crippen molar-refractivity contribution in [2.45, 2.75) is 34.2 Å². The Morgan fingerprint density at radius 3 is 2.46 bits per heavy atom. The SMILES string of the molecule is Cc1cc(C(=O)COC(=O)c2nn(CC(C)C)c(=O)c3ccccc23)c(C)s1. The number of aromatic nitrogens is 2. The van der Waals surface area contributed by atoms with E-state index < -0.39 is 5.97 Å². The van der Waals surface area contributed by atoms with E-state index in [0.29, 0.717) is 22.9 Å². The number of benzene rings is 1. The van der Waals surface area contributed by atoms with Crippen LogP contribution in [0.5, 0.6) is 0 Å². The van der Waals surface area contributed by atoms with Crippen LogP contribution in [-0.2, 0) is 11.3 Å². The van der Waals surface area contributed by atoms with Gasteiger partial charge in [0.1, 0.15) is 0 Å². The summed E-state index contributed by atoms with van der Waals surface area (Å²) in [5.74, 6) is -0.789. The molecule has 146 valence electrons. The lowest BCUT2D eigenvalue weighted by atomic mass is 10.1. The highest BCUT2D eigenvalue weighted by atomic mass is 32.1. The Hall–Kier alpha value is -2.80. The number of nitrogens with zero attached hydrogens (tertiary/aromatic N) is 2. The lowest BCUT2D eigenvalue weighted by Gasteiger charge is -2.12. The highest BCUT2D eigenvalue weighted by Crippen LogP contribution is 2.21. The molecule has 0 unspecified atom stereocenters. The number of fused-ring (bicyclic) bond motifs is 1. The van der Waals surface area contributed by atoms with Gasteiger partial charge in [0.2, 0.25) is 5.78 Å². The number of ether oxygens (including phenoxy) is 1. The molecule has 2 aromatic heterocycles. The molecule has 2 heterocycles. The number of hydrogen-bond donors (Lipinski definition) is 0. The first-order valence-corrected chi connectivity index (χ1v) is 9.86. The Morgan fingerprint density at radius 1 is 1.18 bits per heavy atom. The minimum Gasteiger partial charge on any atom is -0.452 e.